The molecule has 1 unspecified atom stereocenters. The van der Waals surface area contributed by atoms with Crippen molar-refractivity contribution in [2.75, 3.05) is 34.7 Å². The number of aliphatic hydroxyl groups is 2. The molecule has 1 aromatic carbocycles. The molecule has 0 aliphatic carbocycles. The Labute approximate surface area is 245 Å². The number of hydrogen-bond acceptors (Lipinski definition) is 10. The summed E-state index contributed by atoms with van der Waals surface area (Å²) in [5, 5.41) is 20.3. The molecule has 11 heteroatoms. The first-order valence-corrected chi connectivity index (χ1v) is 17.6. The Morgan fingerprint density at radius 1 is 1.10 bits per heavy atom. The summed E-state index contributed by atoms with van der Waals surface area (Å²) < 4.78 is 39.8. The van der Waals surface area contributed by atoms with Crippen LogP contribution in [-0.4, -0.2) is 89.2 Å². The second kappa shape index (κ2) is 15.7. The Morgan fingerprint density at radius 2 is 1.80 bits per heavy atom. The fraction of sp³-hybridized carbons (Fsp3) is 0.633. The smallest absolute Gasteiger partial charge is 0.342 e. The van der Waals surface area contributed by atoms with Gasteiger partial charge in [-0.3, -0.25) is 0 Å². The van der Waals surface area contributed by atoms with E-state index in [9.17, 15) is 15.0 Å². The van der Waals surface area contributed by atoms with Gasteiger partial charge in [0.2, 0.25) is 5.75 Å². The fourth-order valence-corrected chi connectivity index (χ4v) is 5.00. The number of carbonyl (C=O) groups excluding carboxylic acids is 1. The average molecular weight is 597 g/mol. The molecule has 232 valence electrons. The standard InChI is InChI=1S/C30H48O10Si/c1-20(31)12-10-14-22(32)26-23(39-30(2,3)40-26)15-11-13-21-18-24(35-5)27(36-6)28(38-19-34-4)25(21)29(33)37-16-17-41(7,8)9/h10-11,13-14,18,20,22-23,26,31-32H,12,15-17,19H2,1-9H3/b13-11+,14-10-/t20-,22?,23-,26+/m0/s1. The third-order valence-corrected chi connectivity index (χ3v) is 8.01. The summed E-state index contributed by atoms with van der Waals surface area (Å²) in [5.74, 6) is -0.661. The van der Waals surface area contributed by atoms with Gasteiger partial charge >= 0.3 is 5.97 Å². The maximum atomic E-state index is 13.4. The quantitative estimate of drug-likeness (QED) is 0.119. The minimum absolute atomic E-state index is 0.119. The van der Waals surface area contributed by atoms with Gasteiger partial charge < -0.3 is 43.4 Å². The van der Waals surface area contributed by atoms with Crippen molar-refractivity contribution in [3.8, 4) is 17.2 Å². The zero-order chi connectivity index (χ0) is 30.8. The van der Waals surface area contributed by atoms with Gasteiger partial charge in [-0.25, -0.2) is 4.79 Å². The van der Waals surface area contributed by atoms with Crippen LogP contribution < -0.4 is 14.2 Å². The van der Waals surface area contributed by atoms with Crippen molar-refractivity contribution in [3.63, 3.8) is 0 Å². The molecule has 1 aliphatic heterocycles. The number of esters is 1. The maximum Gasteiger partial charge on any atom is 0.342 e. The molecule has 2 N–H and O–H groups in total. The molecular formula is C30H48O10Si. The maximum absolute atomic E-state index is 13.4. The molecule has 41 heavy (non-hydrogen) atoms. The van der Waals surface area contributed by atoms with Crippen molar-refractivity contribution >= 4 is 20.1 Å². The summed E-state index contributed by atoms with van der Waals surface area (Å²) in [6.45, 7) is 12.1. The third-order valence-electron chi connectivity index (χ3n) is 6.30. The average Bonchev–Trinajstić information content (AvgIpc) is 3.19. The lowest BCUT2D eigenvalue weighted by Gasteiger charge is -2.20. The number of carbonyl (C=O) groups is 1. The molecule has 0 radical (unpaired) electrons. The molecule has 0 spiro atoms. The number of rotatable bonds is 16. The second-order valence-corrected chi connectivity index (χ2v) is 17.3. The van der Waals surface area contributed by atoms with Crippen LogP contribution in [0.2, 0.25) is 25.7 Å². The Bertz CT molecular complexity index is 1040. The lowest BCUT2D eigenvalue weighted by molar-refractivity contribution is -0.152. The van der Waals surface area contributed by atoms with Crippen LogP contribution in [0.3, 0.4) is 0 Å². The van der Waals surface area contributed by atoms with E-state index in [2.05, 4.69) is 19.6 Å². The van der Waals surface area contributed by atoms with Crippen LogP contribution in [0.4, 0.5) is 0 Å². The molecule has 1 heterocycles. The third kappa shape index (κ3) is 10.7. The lowest BCUT2D eigenvalue weighted by atomic mass is 10.0. The number of methoxy groups -OCH3 is 3. The summed E-state index contributed by atoms with van der Waals surface area (Å²) in [4.78, 5) is 13.4. The van der Waals surface area contributed by atoms with Crippen LogP contribution in [-0.2, 0) is 18.9 Å². The van der Waals surface area contributed by atoms with Gasteiger partial charge in [-0.15, -0.1) is 0 Å². The minimum atomic E-state index is -1.43. The van der Waals surface area contributed by atoms with E-state index in [4.69, 9.17) is 33.2 Å². The van der Waals surface area contributed by atoms with Crippen molar-refractivity contribution in [1.29, 1.82) is 0 Å². The molecule has 10 nitrogen and oxygen atoms in total. The van der Waals surface area contributed by atoms with Gasteiger partial charge in [0, 0.05) is 15.2 Å². The van der Waals surface area contributed by atoms with Gasteiger partial charge in [0.1, 0.15) is 17.8 Å². The molecule has 1 fully saturated rings. The highest BCUT2D eigenvalue weighted by atomic mass is 28.3. The molecule has 1 aliphatic rings. The number of benzene rings is 1. The molecule has 1 saturated heterocycles. The molecule has 1 aromatic rings. The first-order chi connectivity index (χ1) is 19.2. The van der Waals surface area contributed by atoms with Gasteiger partial charge in [0.15, 0.2) is 24.1 Å². The molecule has 4 atom stereocenters. The minimum Gasteiger partial charge on any atom is -0.493 e. The van der Waals surface area contributed by atoms with Gasteiger partial charge in [-0.05, 0) is 51.3 Å². The summed E-state index contributed by atoms with van der Waals surface area (Å²) in [7, 11) is 3.01. The molecule has 0 bridgehead atoms. The van der Waals surface area contributed by atoms with Crippen LogP contribution in [0.1, 0.15) is 49.5 Å². The largest absolute Gasteiger partial charge is 0.493 e. The van der Waals surface area contributed by atoms with Crippen LogP contribution >= 0.6 is 0 Å². The van der Waals surface area contributed by atoms with Gasteiger partial charge in [-0.2, -0.15) is 0 Å². The Balaban J connectivity index is 2.42. The van der Waals surface area contributed by atoms with E-state index in [1.54, 1.807) is 45.1 Å². The van der Waals surface area contributed by atoms with Crippen LogP contribution in [0.25, 0.3) is 6.08 Å². The van der Waals surface area contributed by atoms with Crippen molar-refractivity contribution in [3.05, 3.63) is 35.4 Å². The Morgan fingerprint density at radius 3 is 2.39 bits per heavy atom. The zero-order valence-electron chi connectivity index (χ0n) is 25.9. The molecule has 2 rings (SSSR count). The summed E-state index contributed by atoms with van der Waals surface area (Å²) in [5.41, 5.74) is 0.687. The van der Waals surface area contributed by atoms with Gasteiger partial charge in [0.05, 0.1) is 33.0 Å². The van der Waals surface area contributed by atoms with Crippen molar-refractivity contribution in [1.82, 2.24) is 0 Å². The summed E-state index contributed by atoms with van der Waals surface area (Å²) in [6.07, 6.45) is 5.20. The highest BCUT2D eigenvalue weighted by molar-refractivity contribution is 6.76. The molecule has 0 aromatic heterocycles. The van der Waals surface area contributed by atoms with Crippen LogP contribution in [0, 0.1) is 0 Å². The van der Waals surface area contributed by atoms with Crippen molar-refractivity contribution in [2.45, 2.75) is 89.5 Å². The highest BCUT2D eigenvalue weighted by Crippen LogP contribution is 2.43. The first-order valence-electron chi connectivity index (χ1n) is 13.9. The van der Waals surface area contributed by atoms with E-state index in [1.165, 1.54) is 21.3 Å². The topological polar surface area (TPSA) is 122 Å². The monoisotopic (exact) mass is 596 g/mol. The van der Waals surface area contributed by atoms with E-state index < -0.39 is 44.2 Å². The normalized spacial score (nSPS) is 20.4. The van der Waals surface area contributed by atoms with Crippen LogP contribution in [0.15, 0.2) is 24.3 Å². The summed E-state index contributed by atoms with van der Waals surface area (Å²) in [6, 6.07) is 2.50. The lowest BCUT2D eigenvalue weighted by Crippen LogP contribution is -2.34. The number of hydrogen-bond donors (Lipinski definition) is 2. The van der Waals surface area contributed by atoms with E-state index >= 15 is 0 Å². The molecule has 0 amide bonds. The van der Waals surface area contributed by atoms with Crippen LogP contribution in [0.5, 0.6) is 17.2 Å². The van der Waals surface area contributed by atoms with Gasteiger partial charge in [-0.1, -0.05) is 43.9 Å². The molecule has 0 saturated carbocycles. The van der Waals surface area contributed by atoms with Gasteiger partial charge in [0.25, 0.3) is 0 Å². The first kappa shape index (κ1) is 34.8. The van der Waals surface area contributed by atoms with Crippen molar-refractivity contribution in [2.24, 2.45) is 0 Å². The van der Waals surface area contributed by atoms with E-state index in [0.717, 1.165) is 6.04 Å². The van der Waals surface area contributed by atoms with E-state index in [-0.39, 0.29) is 23.9 Å². The SMILES string of the molecule is COCOc1c(OC)c(OC)cc(/C=C/C[C@@H]2OC(C)(C)O[C@@H]2C(O)/C=C\C[C@H](C)O)c1C(=O)OCC[Si](C)(C)C. The highest BCUT2D eigenvalue weighted by Gasteiger charge is 2.43. The number of aliphatic hydroxyl groups excluding tert-OH is 2. The fourth-order valence-electron chi connectivity index (χ4n) is 4.29. The zero-order valence-corrected chi connectivity index (χ0v) is 26.9. The predicted octanol–water partition coefficient (Wildman–Crippen LogP) is 4.79. The van der Waals surface area contributed by atoms with Crippen molar-refractivity contribution < 1.29 is 48.2 Å². The van der Waals surface area contributed by atoms with E-state index in [1.807, 2.05) is 6.08 Å². The molecular weight excluding hydrogens is 548 g/mol. The summed E-state index contributed by atoms with van der Waals surface area (Å²) >= 11 is 0. The number of ether oxygens (including phenoxy) is 7. The second-order valence-electron chi connectivity index (χ2n) is 11.7. The predicted molar refractivity (Wildman–Crippen MR) is 159 cm³/mol. The Kier molecular flexibility index (Phi) is 13.3. The Hall–Kier alpha value is -2.41. The van der Waals surface area contributed by atoms with E-state index in [0.29, 0.717) is 30.8 Å².